The van der Waals surface area contributed by atoms with E-state index in [1.54, 1.807) is 18.3 Å². The van der Waals surface area contributed by atoms with Gasteiger partial charge in [-0.15, -0.1) is 0 Å². The van der Waals surface area contributed by atoms with Crippen molar-refractivity contribution in [3.05, 3.63) is 23.9 Å². The van der Waals surface area contributed by atoms with Gasteiger partial charge >= 0.3 is 0 Å². The van der Waals surface area contributed by atoms with Gasteiger partial charge in [0.25, 0.3) is 11.8 Å². The maximum absolute atomic E-state index is 11.5. The second-order valence-corrected chi connectivity index (χ2v) is 3.56. The molecule has 7 heteroatoms. The Morgan fingerprint density at radius 3 is 2.59 bits per heavy atom. The Labute approximate surface area is 97.5 Å². The Morgan fingerprint density at radius 2 is 2.06 bits per heavy atom. The molecule has 2 amide bonds. The molecule has 0 aromatic carbocycles. The molecule has 17 heavy (non-hydrogen) atoms. The second-order valence-electron chi connectivity index (χ2n) is 3.56. The van der Waals surface area contributed by atoms with Crippen LogP contribution in [0.1, 0.15) is 5.56 Å². The van der Waals surface area contributed by atoms with Crippen LogP contribution in [0.2, 0.25) is 0 Å². The summed E-state index contributed by atoms with van der Waals surface area (Å²) in [6.07, 6.45) is 1.56. The molecule has 0 saturated carbocycles. The molecule has 1 fully saturated rings. The van der Waals surface area contributed by atoms with Gasteiger partial charge in [-0.1, -0.05) is 6.07 Å². The predicted octanol–water partition coefficient (Wildman–Crippen LogP) is -0.747. The van der Waals surface area contributed by atoms with Crippen molar-refractivity contribution in [2.45, 2.75) is 6.54 Å². The summed E-state index contributed by atoms with van der Waals surface area (Å²) in [5.74, 6) is 5.04. The van der Waals surface area contributed by atoms with Crippen molar-refractivity contribution in [2.24, 2.45) is 5.84 Å². The van der Waals surface area contributed by atoms with Crippen LogP contribution < -0.4 is 11.3 Å². The Bertz CT molecular complexity index is 416. The second kappa shape index (κ2) is 4.89. The molecule has 1 aliphatic heterocycles. The Hall–Kier alpha value is -1.99. The number of imide groups is 1. The van der Waals surface area contributed by atoms with Crippen molar-refractivity contribution in [1.82, 2.24) is 9.88 Å². The maximum Gasteiger partial charge on any atom is 0.255 e. The first-order valence-electron chi connectivity index (χ1n) is 5.03. The highest BCUT2D eigenvalue weighted by Crippen LogP contribution is 2.10. The van der Waals surface area contributed by atoms with Gasteiger partial charge in [0.15, 0.2) is 0 Å². The number of hydrazine groups is 1. The number of nitrogens with two attached hydrogens (primary N) is 1. The van der Waals surface area contributed by atoms with Crippen molar-refractivity contribution in [1.29, 1.82) is 0 Å². The largest absolute Gasteiger partial charge is 0.362 e. The first kappa shape index (κ1) is 11.5. The monoisotopic (exact) mass is 236 g/mol. The quantitative estimate of drug-likeness (QED) is 0.407. The third kappa shape index (κ3) is 2.58. The minimum atomic E-state index is -0.331. The number of carbonyl (C=O) groups excluding carboxylic acids is 2. The number of aromatic nitrogens is 1. The van der Waals surface area contributed by atoms with E-state index in [0.29, 0.717) is 5.82 Å². The molecule has 1 aromatic heterocycles. The highest BCUT2D eigenvalue weighted by molar-refractivity contribution is 5.98. The minimum Gasteiger partial charge on any atom is -0.362 e. The van der Waals surface area contributed by atoms with Crippen LogP contribution in [0.3, 0.4) is 0 Å². The number of anilines is 1. The third-order valence-corrected chi connectivity index (χ3v) is 2.37. The molecule has 0 spiro atoms. The zero-order valence-electron chi connectivity index (χ0n) is 9.05. The summed E-state index contributed by atoms with van der Waals surface area (Å²) in [6, 6.07) is 3.42. The summed E-state index contributed by atoms with van der Waals surface area (Å²) in [6.45, 7) is 0.0993. The van der Waals surface area contributed by atoms with E-state index in [1.165, 1.54) is 0 Å². The Morgan fingerprint density at radius 1 is 1.35 bits per heavy atom. The molecule has 0 bridgehead atoms. The molecular weight excluding hydrogens is 224 g/mol. The number of morpholine rings is 1. The van der Waals surface area contributed by atoms with Crippen LogP contribution in [-0.4, -0.2) is 34.9 Å². The summed E-state index contributed by atoms with van der Waals surface area (Å²) in [7, 11) is 0. The summed E-state index contributed by atoms with van der Waals surface area (Å²) < 4.78 is 4.82. The minimum absolute atomic E-state index is 0.0540. The lowest BCUT2D eigenvalue weighted by Gasteiger charge is -2.24. The molecule has 0 unspecified atom stereocenters. The molecule has 2 rings (SSSR count). The molecule has 1 saturated heterocycles. The number of amides is 2. The smallest absolute Gasteiger partial charge is 0.255 e. The predicted molar refractivity (Wildman–Crippen MR) is 58.4 cm³/mol. The lowest BCUT2D eigenvalue weighted by molar-refractivity contribution is -0.159. The van der Waals surface area contributed by atoms with E-state index < -0.39 is 0 Å². The third-order valence-electron chi connectivity index (χ3n) is 2.37. The van der Waals surface area contributed by atoms with Crippen molar-refractivity contribution >= 4 is 17.6 Å². The Balaban J connectivity index is 2.08. The van der Waals surface area contributed by atoms with Gasteiger partial charge < -0.3 is 10.2 Å². The molecule has 7 nitrogen and oxygen atoms in total. The van der Waals surface area contributed by atoms with Crippen molar-refractivity contribution in [2.75, 3.05) is 18.6 Å². The zero-order chi connectivity index (χ0) is 12.3. The molecular formula is C10H12N4O3. The van der Waals surface area contributed by atoms with Crippen molar-refractivity contribution in [3.8, 4) is 0 Å². The van der Waals surface area contributed by atoms with Crippen LogP contribution in [0.15, 0.2) is 18.3 Å². The average Bonchev–Trinajstić information content (AvgIpc) is 2.35. The fraction of sp³-hybridized carbons (Fsp3) is 0.300. The highest BCUT2D eigenvalue weighted by atomic mass is 16.5. The highest BCUT2D eigenvalue weighted by Gasteiger charge is 2.26. The lowest BCUT2D eigenvalue weighted by atomic mass is 10.2. The van der Waals surface area contributed by atoms with Gasteiger partial charge in [0, 0.05) is 6.20 Å². The van der Waals surface area contributed by atoms with Gasteiger partial charge in [0.1, 0.15) is 19.0 Å². The summed E-state index contributed by atoms with van der Waals surface area (Å²) in [5.41, 5.74) is 3.15. The van der Waals surface area contributed by atoms with Gasteiger partial charge in [0.05, 0.1) is 6.54 Å². The SMILES string of the molecule is NNc1ccc(CN2C(=O)COCC2=O)cn1. The van der Waals surface area contributed by atoms with Crippen LogP contribution in [0.4, 0.5) is 5.82 Å². The van der Waals surface area contributed by atoms with E-state index in [9.17, 15) is 9.59 Å². The van der Waals surface area contributed by atoms with Crippen LogP contribution in [0.5, 0.6) is 0 Å². The summed E-state index contributed by atoms with van der Waals surface area (Å²) in [4.78, 5) is 28.1. The van der Waals surface area contributed by atoms with Gasteiger partial charge in [-0.2, -0.15) is 0 Å². The van der Waals surface area contributed by atoms with Gasteiger partial charge in [-0.25, -0.2) is 10.8 Å². The van der Waals surface area contributed by atoms with E-state index in [1.807, 2.05) is 0 Å². The van der Waals surface area contributed by atoms with Crippen molar-refractivity contribution in [3.63, 3.8) is 0 Å². The standard InChI is InChI=1S/C10H12N4O3/c11-13-8-2-1-7(3-12-8)4-14-9(15)5-17-6-10(14)16/h1-3H,4-6,11H2,(H,12,13). The van der Waals surface area contributed by atoms with E-state index >= 15 is 0 Å². The molecule has 0 radical (unpaired) electrons. The number of hydrogen-bond acceptors (Lipinski definition) is 6. The van der Waals surface area contributed by atoms with E-state index in [4.69, 9.17) is 10.6 Å². The number of carbonyl (C=O) groups is 2. The van der Waals surface area contributed by atoms with Crippen LogP contribution in [0, 0.1) is 0 Å². The summed E-state index contributed by atoms with van der Waals surface area (Å²) >= 11 is 0. The van der Waals surface area contributed by atoms with E-state index in [-0.39, 0.29) is 31.6 Å². The molecule has 0 atom stereocenters. The first-order valence-corrected chi connectivity index (χ1v) is 5.03. The number of nitrogen functional groups attached to an aromatic ring is 1. The lowest BCUT2D eigenvalue weighted by Crippen LogP contribution is -2.45. The van der Waals surface area contributed by atoms with Crippen LogP contribution in [0.25, 0.3) is 0 Å². The fourth-order valence-corrected chi connectivity index (χ4v) is 1.48. The fourth-order valence-electron chi connectivity index (χ4n) is 1.48. The van der Waals surface area contributed by atoms with Gasteiger partial charge in [-0.05, 0) is 11.6 Å². The first-order chi connectivity index (χ1) is 8.20. The number of rotatable bonds is 3. The summed E-state index contributed by atoms with van der Waals surface area (Å²) in [5, 5.41) is 0. The van der Waals surface area contributed by atoms with Gasteiger partial charge in [-0.3, -0.25) is 14.5 Å². The number of hydrogen-bond donors (Lipinski definition) is 2. The number of ether oxygens (including phenoxy) is 1. The Kier molecular flexibility index (Phi) is 3.31. The molecule has 2 heterocycles. The zero-order valence-corrected chi connectivity index (χ0v) is 9.05. The molecule has 0 aliphatic carbocycles. The van der Waals surface area contributed by atoms with E-state index in [0.717, 1.165) is 10.5 Å². The molecule has 90 valence electrons. The molecule has 1 aliphatic rings. The molecule has 1 aromatic rings. The average molecular weight is 236 g/mol. The van der Waals surface area contributed by atoms with Gasteiger partial charge in [0.2, 0.25) is 0 Å². The maximum atomic E-state index is 11.5. The van der Waals surface area contributed by atoms with E-state index in [2.05, 4.69) is 10.4 Å². The van der Waals surface area contributed by atoms with Crippen LogP contribution >= 0.6 is 0 Å². The topological polar surface area (TPSA) is 97.5 Å². The number of pyridine rings is 1. The van der Waals surface area contributed by atoms with Crippen LogP contribution in [-0.2, 0) is 20.9 Å². The number of nitrogens with zero attached hydrogens (tertiary/aromatic N) is 2. The molecule has 3 N–H and O–H groups in total. The van der Waals surface area contributed by atoms with Crippen molar-refractivity contribution < 1.29 is 14.3 Å². The number of nitrogens with one attached hydrogen (secondary N) is 1. The normalized spacial score (nSPS) is 16.2.